The third kappa shape index (κ3) is 1.03. The Hall–Kier alpha value is -0.580. The highest BCUT2D eigenvalue weighted by molar-refractivity contribution is 14.1. The van der Waals surface area contributed by atoms with Gasteiger partial charge in [0.1, 0.15) is 3.70 Å². The van der Waals surface area contributed by atoms with Crippen LogP contribution in [-0.4, -0.2) is 9.61 Å². The van der Waals surface area contributed by atoms with E-state index < -0.39 is 0 Å². The molecule has 0 spiro atoms. The van der Waals surface area contributed by atoms with Gasteiger partial charge in [-0.25, -0.2) is 4.52 Å². The van der Waals surface area contributed by atoms with E-state index in [4.69, 9.17) is 0 Å². The molecule has 0 saturated carbocycles. The van der Waals surface area contributed by atoms with E-state index in [1.54, 1.807) is 0 Å². The number of pyridine rings is 1. The summed E-state index contributed by atoms with van der Waals surface area (Å²) in [6, 6.07) is 6.16. The molecule has 0 amide bonds. The minimum absolute atomic E-state index is 1.15. The van der Waals surface area contributed by atoms with E-state index in [0.717, 1.165) is 3.70 Å². The average Bonchev–Trinajstić information content (AvgIpc) is 2.35. The van der Waals surface area contributed by atoms with Gasteiger partial charge in [0.25, 0.3) is 0 Å². The zero-order valence-electron chi connectivity index (χ0n) is 6.08. The third-order valence-corrected chi connectivity index (χ3v) is 2.51. The van der Waals surface area contributed by atoms with E-state index in [2.05, 4.69) is 40.7 Å². The molecule has 56 valence electrons. The minimum atomic E-state index is 1.15. The number of rotatable bonds is 0. The van der Waals surface area contributed by atoms with Crippen molar-refractivity contribution >= 4 is 28.1 Å². The third-order valence-electron chi connectivity index (χ3n) is 1.69. The van der Waals surface area contributed by atoms with Gasteiger partial charge in [-0.05, 0) is 47.2 Å². The molecule has 2 aromatic heterocycles. The summed E-state index contributed by atoms with van der Waals surface area (Å²) < 4.78 is 3.09. The normalized spacial score (nSPS) is 10.7. The van der Waals surface area contributed by atoms with Crippen LogP contribution in [0.4, 0.5) is 0 Å². The summed E-state index contributed by atoms with van der Waals surface area (Å²) in [6.07, 6.45) is 1.89. The fourth-order valence-electron chi connectivity index (χ4n) is 1.10. The number of hydrogen-bond donors (Lipinski definition) is 0. The minimum Gasteiger partial charge on any atom is -0.227 e. The van der Waals surface area contributed by atoms with Gasteiger partial charge >= 0.3 is 0 Å². The van der Waals surface area contributed by atoms with Gasteiger partial charge in [0.05, 0.1) is 11.7 Å². The van der Waals surface area contributed by atoms with E-state index >= 15 is 0 Å². The molecule has 2 heterocycles. The molecule has 0 aliphatic carbocycles. The molecule has 2 rings (SSSR count). The van der Waals surface area contributed by atoms with E-state index in [9.17, 15) is 0 Å². The SMILES string of the molecule is Cc1cnn2c(I)cccc12. The van der Waals surface area contributed by atoms with Crippen LogP contribution in [-0.2, 0) is 0 Å². The second-order valence-corrected chi connectivity index (χ2v) is 3.58. The summed E-state index contributed by atoms with van der Waals surface area (Å²) >= 11 is 2.27. The molecule has 2 aromatic rings. The standard InChI is InChI=1S/C8H7IN2/c1-6-5-10-11-7(6)3-2-4-8(11)9/h2-5H,1H3. The molecule has 0 aromatic carbocycles. The van der Waals surface area contributed by atoms with Crippen LogP contribution < -0.4 is 0 Å². The fourth-order valence-corrected chi connectivity index (χ4v) is 1.69. The maximum atomic E-state index is 4.23. The molecule has 0 atom stereocenters. The molecule has 0 bridgehead atoms. The van der Waals surface area contributed by atoms with Gasteiger partial charge in [-0.1, -0.05) is 6.07 Å². The first-order chi connectivity index (χ1) is 5.29. The van der Waals surface area contributed by atoms with Gasteiger partial charge in [0.2, 0.25) is 0 Å². The molecule has 0 fully saturated rings. The van der Waals surface area contributed by atoms with E-state index in [-0.39, 0.29) is 0 Å². The largest absolute Gasteiger partial charge is 0.227 e. The highest BCUT2D eigenvalue weighted by atomic mass is 127. The van der Waals surface area contributed by atoms with Gasteiger partial charge in [-0.2, -0.15) is 5.10 Å². The van der Waals surface area contributed by atoms with Crippen molar-refractivity contribution in [3.63, 3.8) is 0 Å². The Kier molecular flexibility index (Phi) is 1.60. The highest BCUT2D eigenvalue weighted by Crippen LogP contribution is 2.12. The lowest BCUT2D eigenvalue weighted by molar-refractivity contribution is 0.933. The smallest absolute Gasteiger partial charge is 0.103 e. The molecule has 0 radical (unpaired) electrons. The van der Waals surface area contributed by atoms with Gasteiger partial charge in [-0.15, -0.1) is 0 Å². The molecule has 11 heavy (non-hydrogen) atoms. The molecule has 0 aliphatic rings. The Bertz CT molecular complexity index is 392. The summed E-state index contributed by atoms with van der Waals surface area (Å²) in [5.41, 5.74) is 2.42. The zero-order chi connectivity index (χ0) is 7.84. The summed E-state index contributed by atoms with van der Waals surface area (Å²) in [7, 11) is 0. The number of hydrogen-bond acceptors (Lipinski definition) is 1. The van der Waals surface area contributed by atoms with Crippen molar-refractivity contribution in [3.05, 3.63) is 33.7 Å². The Balaban J connectivity index is 2.94. The molecular formula is C8H7IN2. The topological polar surface area (TPSA) is 17.3 Å². The van der Waals surface area contributed by atoms with Crippen molar-refractivity contribution in [1.29, 1.82) is 0 Å². The van der Waals surface area contributed by atoms with Crippen LogP contribution in [0.3, 0.4) is 0 Å². The molecule has 0 saturated heterocycles. The predicted molar refractivity (Wildman–Crippen MR) is 52.6 cm³/mol. The van der Waals surface area contributed by atoms with Crippen LogP contribution in [0.1, 0.15) is 5.56 Å². The first kappa shape index (κ1) is 7.09. The van der Waals surface area contributed by atoms with E-state index in [0.29, 0.717) is 0 Å². The molecule has 0 unspecified atom stereocenters. The van der Waals surface area contributed by atoms with Crippen molar-refractivity contribution < 1.29 is 0 Å². The second-order valence-electron chi connectivity index (χ2n) is 2.47. The van der Waals surface area contributed by atoms with Gasteiger partial charge in [0, 0.05) is 0 Å². The van der Waals surface area contributed by atoms with Crippen LogP contribution in [0, 0.1) is 10.6 Å². The first-order valence-electron chi connectivity index (χ1n) is 3.38. The highest BCUT2D eigenvalue weighted by Gasteiger charge is 1.99. The molecular weight excluding hydrogens is 251 g/mol. The van der Waals surface area contributed by atoms with Gasteiger partial charge < -0.3 is 0 Å². The van der Waals surface area contributed by atoms with Crippen LogP contribution in [0.15, 0.2) is 24.4 Å². The molecule has 3 heteroatoms. The number of nitrogens with zero attached hydrogens (tertiary/aromatic N) is 2. The Labute approximate surface area is 78.4 Å². The lowest BCUT2D eigenvalue weighted by Crippen LogP contribution is -1.90. The Morgan fingerprint density at radius 3 is 3.00 bits per heavy atom. The van der Waals surface area contributed by atoms with Crippen molar-refractivity contribution in [2.45, 2.75) is 6.92 Å². The van der Waals surface area contributed by atoms with Crippen LogP contribution in [0.5, 0.6) is 0 Å². The quantitative estimate of drug-likeness (QED) is 0.523. The van der Waals surface area contributed by atoms with Gasteiger partial charge in [-0.3, -0.25) is 0 Å². The zero-order valence-corrected chi connectivity index (χ0v) is 8.24. The van der Waals surface area contributed by atoms with Crippen LogP contribution in [0.25, 0.3) is 5.52 Å². The number of aromatic nitrogens is 2. The maximum Gasteiger partial charge on any atom is 0.103 e. The van der Waals surface area contributed by atoms with Crippen LogP contribution >= 0.6 is 22.6 Å². The van der Waals surface area contributed by atoms with Crippen molar-refractivity contribution in [2.75, 3.05) is 0 Å². The lowest BCUT2D eigenvalue weighted by atomic mass is 10.3. The summed E-state index contributed by atoms with van der Waals surface area (Å²) in [6.45, 7) is 2.07. The first-order valence-corrected chi connectivity index (χ1v) is 4.46. The Morgan fingerprint density at radius 1 is 1.45 bits per heavy atom. The summed E-state index contributed by atoms with van der Waals surface area (Å²) in [5.74, 6) is 0. The van der Waals surface area contributed by atoms with Crippen molar-refractivity contribution in [2.24, 2.45) is 0 Å². The number of halogens is 1. The number of fused-ring (bicyclic) bond motifs is 1. The second kappa shape index (κ2) is 2.48. The lowest BCUT2D eigenvalue weighted by Gasteiger charge is -1.95. The summed E-state index contributed by atoms with van der Waals surface area (Å²) in [5, 5.41) is 4.23. The maximum absolute atomic E-state index is 4.23. The monoisotopic (exact) mass is 258 g/mol. The summed E-state index contributed by atoms with van der Waals surface area (Å²) in [4.78, 5) is 0. The van der Waals surface area contributed by atoms with E-state index in [1.165, 1.54) is 11.1 Å². The number of aryl methyl sites for hydroxylation is 1. The van der Waals surface area contributed by atoms with Crippen molar-refractivity contribution in [1.82, 2.24) is 9.61 Å². The van der Waals surface area contributed by atoms with Crippen molar-refractivity contribution in [3.8, 4) is 0 Å². The van der Waals surface area contributed by atoms with Crippen LogP contribution in [0.2, 0.25) is 0 Å². The van der Waals surface area contributed by atoms with E-state index in [1.807, 2.05) is 22.8 Å². The molecule has 0 N–H and O–H groups in total. The molecule has 0 aliphatic heterocycles. The Morgan fingerprint density at radius 2 is 2.27 bits per heavy atom. The van der Waals surface area contributed by atoms with Gasteiger partial charge in [0.15, 0.2) is 0 Å². The predicted octanol–water partition coefficient (Wildman–Crippen LogP) is 2.25. The molecule has 2 nitrogen and oxygen atoms in total. The fraction of sp³-hybridized carbons (Fsp3) is 0.125. The average molecular weight is 258 g/mol.